The van der Waals surface area contributed by atoms with Crippen molar-refractivity contribution in [3.8, 4) is 11.5 Å². The van der Waals surface area contributed by atoms with Gasteiger partial charge in [0.05, 0.1) is 26.8 Å². The van der Waals surface area contributed by atoms with Gasteiger partial charge in [0.15, 0.2) is 5.75 Å². The highest BCUT2D eigenvalue weighted by Crippen LogP contribution is 2.41. The van der Waals surface area contributed by atoms with Gasteiger partial charge in [0.1, 0.15) is 5.75 Å². The van der Waals surface area contributed by atoms with Crippen LogP contribution >= 0.6 is 36.9 Å². The summed E-state index contributed by atoms with van der Waals surface area (Å²) in [5, 5.41) is 3.39. The Kier molecular flexibility index (Phi) is 8.53. The van der Waals surface area contributed by atoms with Gasteiger partial charge in [-0.15, -0.1) is 22.0 Å². The van der Waals surface area contributed by atoms with Crippen LogP contribution in [0.1, 0.15) is 25.3 Å². The molecule has 0 aliphatic heterocycles. The number of unbranched alkanes of at least 4 members (excludes halogenated alkanes) is 1. The maximum Gasteiger partial charge on any atom is 0.166 e. The number of thiol groups is 1. The van der Waals surface area contributed by atoms with Crippen LogP contribution in [0.15, 0.2) is 47.4 Å². The number of hydrogen-bond donors (Lipinski definition) is 3. The van der Waals surface area contributed by atoms with E-state index in [1.165, 1.54) is 0 Å². The maximum atomic E-state index is 6.08. The summed E-state index contributed by atoms with van der Waals surface area (Å²) >= 11 is 10.4. The van der Waals surface area contributed by atoms with Crippen molar-refractivity contribution in [3.05, 3.63) is 48.0 Å². The largest absolute Gasteiger partial charge is 0.454 e. The third-order valence-corrected chi connectivity index (χ3v) is 4.40. The molecule has 0 saturated carbocycles. The smallest absolute Gasteiger partial charge is 0.166 e. The second-order valence-electron chi connectivity index (χ2n) is 5.10. The molecule has 25 heavy (non-hydrogen) atoms. The highest BCUT2D eigenvalue weighted by atomic mass is 32.2. The lowest BCUT2D eigenvalue weighted by Crippen LogP contribution is -2.05. The summed E-state index contributed by atoms with van der Waals surface area (Å²) in [6, 6.07) is 13.2. The van der Waals surface area contributed by atoms with Crippen molar-refractivity contribution < 1.29 is 14.1 Å². The molecule has 0 fully saturated rings. The Bertz CT molecular complexity index is 699. The minimum Gasteiger partial charge on any atom is -0.454 e. The highest BCUT2D eigenvalue weighted by Gasteiger charge is 2.16. The molecule has 0 unspecified atom stereocenters. The van der Waals surface area contributed by atoms with Gasteiger partial charge in [-0.05, 0) is 30.7 Å². The average molecular weight is 397 g/mol. The van der Waals surface area contributed by atoms with E-state index in [0.717, 1.165) is 42.7 Å². The molecule has 0 aliphatic carbocycles. The Balaban J connectivity index is 2.42. The summed E-state index contributed by atoms with van der Waals surface area (Å²) in [5.41, 5.74) is 1.58. The number of nitrogens with one attached hydrogen (secondary N) is 1. The minimum atomic E-state index is 0.473. The van der Waals surface area contributed by atoms with E-state index in [1.807, 2.05) is 42.5 Å². The Hall–Kier alpha value is -1.29. The predicted octanol–water partition coefficient (Wildman–Crippen LogP) is 5.13. The highest BCUT2D eigenvalue weighted by molar-refractivity contribution is 8.11. The van der Waals surface area contributed by atoms with Crippen LogP contribution in [0.25, 0.3) is 0 Å². The molecule has 2 rings (SSSR count). The summed E-state index contributed by atoms with van der Waals surface area (Å²) in [4.78, 5) is 4.89. The molecule has 5 nitrogen and oxygen atoms in total. The van der Waals surface area contributed by atoms with E-state index >= 15 is 0 Å². The van der Waals surface area contributed by atoms with Crippen LogP contribution < -0.4 is 16.0 Å². The first kappa shape index (κ1) is 20.0. The monoisotopic (exact) mass is 396 g/mol. The van der Waals surface area contributed by atoms with Gasteiger partial charge in [-0.3, -0.25) is 0 Å². The van der Waals surface area contributed by atoms with Gasteiger partial charge in [0, 0.05) is 12.1 Å². The van der Waals surface area contributed by atoms with Crippen LogP contribution in [0, 0.1) is 0 Å². The van der Waals surface area contributed by atoms with Crippen molar-refractivity contribution in [1.29, 1.82) is 0 Å². The molecule has 0 saturated heterocycles. The molecule has 0 heterocycles. The fraction of sp³-hybridized carbons (Fsp3) is 0.235. The van der Waals surface area contributed by atoms with Crippen LogP contribution in [-0.4, -0.2) is 10.7 Å². The van der Waals surface area contributed by atoms with Gasteiger partial charge in [0.2, 0.25) is 0 Å². The zero-order valence-corrected chi connectivity index (χ0v) is 16.3. The number of anilines is 1. The molecular weight excluding hydrogens is 376 g/mol. The quantitative estimate of drug-likeness (QED) is 0.129. The third-order valence-electron chi connectivity index (χ3n) is 3.27. The Morgan fingerprint density at radius 3 is 2.68 bits per heavy atom. The van der Waals surface area contributed by atoms with E-state index in [-0.39, 0.29) is 0 Å². The number of rotatable bonds is 10. The van der Waals surface area contributed by atoms with Crippen LogP contribution in [0.5, 0.6) is 11.5 Å². The topological polar surface area (TPSA) is 65.7 Å². The first-order chi connectivity index (χ1) is 12.2. The molecule has 0 amide bonds. The van der Waals surface area contributed by atoms with Gasteiger partial charge in [-0.1, -0.05) is 43.8 Å². The lowest BCUT2D eigenvalue weighted by Gasteiger charge is -2.17. The van der Waals surface area contributed by atoms with Crippen molar-refractivity contribution in [1.82, 2.24) is 0 Å². The first-order valence-corrected chi connectivity index (χ1v) is 9.33. The second kappa shape index (κ2) is 10.6. The van der Waals surface area contributed by atoms with Gasteiger partial charge in [0.25, 0.3) is 0 Å². The van der Waals surface area contributed by atoms with Crippen LogP contribution in [-0.2, 0) is 9.32 Å². The SMILES string of the molecule is CCCCNc1cc(C(=S)S)cc(SOON)c1Oc1ccccc1. The second-order valence-corrected chi connectivity index (χ2v) is 7.00. The summed E-state index contributed by atoms with van der Waals surface area (Å²) in [5.74, 6) is 6.29. The number of para-hydroxylation sites is 1. The molecular formula is C17H20N2O3S3. The van der Waals surface area contributed by atoms with Crippen LogP contribution in [0.2, 0.25) is 0 Å². The van der Waals surface area contributed by atoms with Crippen LogP contribution in [0.4, 0.5) is 5.69 Å². The molecule has 0 atom stereocenters. The lowest BCUT2D eigenvalue weighted by molar-refractivity contribution is -0.195. The van der Waals surface area contributed by atoms with Gasteiger partial charge in [-0.25, -0.2) is 0 Å². The summed E-state index contributed by atoms with van der Waals surface area (Å²) in [6.45, 7) is 2.94. The Labute approximate surface area is 162 Å². The van der Waals surface area contributed by atoms with E-state index in [0.29, 0.717) is 20.6 Å². The molecule has 0 spiro atoms. The number of nitrogens with two attached hydrogens (primary N) is 1. The molecule has 2 aromatic rings. The average Bonchev–Trinajstić information content (AvgIpc) is 2.62. The van der Waals surface area contributed by atoms with E-state index < -0.39 is 0 Å². The Morgan fingerprint density at radius 2 is 2.04 bits per heavy atom. The summed E-state index contributed by atoms with van der Waals surface area (Å²) < 4.78 is 11.4. The molecule has 0 radical (unpaired) electrons. The van der Waals surface area contributed by atoms with Gasteiger partial charge >= 0.3 is 0 Å². The molecule has 0 aliphatic rings. The fourth-order valence-electron chi connectivity index (χ4n) is 2.09. The molecule has 0 bridgehead atoms. The summed E-state index contributed by atoms with van der Waals surface area (Å²) in [6.07, 6.45) is 2.11. The normalized spacial score (nSPS) is 10.5. The number of hydrogen-bond acceptors (Lipinski definition) is 7. The molecule has 8 heteroatoms. The predicted molar refractivity (Wildman–Crippen MR) is 109 cm³/mol. The lowest BCUT2D eigenvalue weighted by atomic mass is 10.2. The third kappa shape index (κ3) is 6.18. The standard InChI is InChI=1S/C17H20N2O3S3/c1-2-3-9-19-14-10-12(17(23)24)11-15(25-22-21-18)16(14)20-13-7-5-4-6-8-13/h4-8,10-11,19H,2-3,9,18H2,1H3,(H,23,24). The zero-order valence-electron chi connectivity index (χ0n) is 13.7. The Morgan fingerprint density at radius 1 is 1.28 bits per heavy atom. The van der Waals surface area contributed by atoms with Crippen molar-refractivity contribution in [2.24, 2.45) is 5.90 Å². The van der Waals surface area contributed by atoms with E-state index in [2.05, 4.69) is 29.9 Å². The minimum absolute atomic E-state index is 0.473. The van der Waals surface area contributed by atoms with Gasteiger partial charge in [-0.2, -0.15) is 5.90 Å². The van der Waals surface area contributed by atoms with Crippen molar-refractivity contribution >= 4 is 46.8 Å². The number of ether oxygens (including phenoxy) is 1. The zero-order chi connectivity index (χ0) is 18.1. The molecule has 134 valence electrons. The molecule has 0 aromatic heterocycles. The van der Waals surface area contributed by atoms with Crippen molar-refractivity contribution in [2.45, 2.75) is 24.7 Å². The molecule has 2 aromatic carbocycles. The van der Waals surface area contributed by atoms with Crippen molar-refractivity contribution in [3.63, 3.8) is 0 Å². The van der Waals surface area contributed by atoms with Gasteiger partial charge < -0.3 is 10.1 Å². The summed E-state index contributed by atoms with van der Waals surface area (Å²) in [7, 11) is 0. The fourth-order valence-corrected chi connectivity index (χ4v) is 2.85. The maximum absolute atomic E-state index is 6.08. The van der Waals surface area contributed by atoms with Crippen LogP contribution in [0.3, 0.4) is 0 Å². The number of thiocarbonyl (C=S) groups is 1. The van der Waals surface area contributed by atoms with E-state index in [1.54, 1.807) is 0 Å². The first-order valence-electron chi connectivity index (χ1n) is 7.74. The van der Waals surface area contributed by atoms with Crippen molar-refractivity contribution in [2.75, 3.05) is 11.9 Å². The molecule has 3 N–H and O–H groups in total. The van der Waals surface area contributed by atoms with E-state index in [9.17, 15) is 0 Å². The number of benzene rings is 2. The van der Waals surface area contributed by atoms with E-state index in [4.69, 9.17) is 27.2 Å².